The van der Waals surface area contributed by atoms with Crippen LogP contribution >= 0.6 is 0 Å². The summed E-state index contributed by atoms with van der Waals surface area (Å²) in [5, 5.41) is 0. The molecule has 1 heterocycles. The highest BCUT2D eigenvalue weighted by atomic mass is 16.6. The van der Waals surface area contributed by atoms with Crippen LogP contribution in [0.3, 0.4) is 0 Å². The lowest BCUT2D eigenvalue weighted by Gasteiger charge is -2.54. The van der Waals surface area contributed by atoms with Crippen LogP contribution in [0.2, 0.25) is 0 Å². The van der Waals surface area contributed by atoms with Gasteiger partial charge in [-0.25, -0.2) is 0 Å². The van der Waals surface area contributed by atoms with Crippen molar-refractivity contribution >= 4 is 0 Å². The van der Waals surface area contributed by atoms with E-state index in [-0.39, 0.29) is 5.60 Å². The standard InChI is InChI=1S/C15H26O/c1-10-5-6-13-15(4,16-13)8-7-12-11(10)9-14(12,2)3/h10-13H,5-9H2,1-4H3/t10-,11?,12?,13?,15?/m0/s1. The number of hydrogen-bond acceptors (Lipinski definition) is 1. The maximum atomic E-state index is 5.91. The summed E-state index contributed by atoms with van der Waals surface area (Å²) in [5.41, 5.74) is 0.865. The van der Waals surface area contributed by atoms with Crippen LogP contribution in [0.25, 0.3) is 0 Å². The molecule has 0 aromatic heterocycles. The Hall–Kier alpha value is -0.0400. The highest BCUT2D eigenvalue weighted by Gasteiger charge is 2.56. The summed E-state index contributed by atoms with van der Waals surface area (Å²) in [6.45, 7) is 9.73. The first-order valence-corrected chi connectivity index (χ1v) is 7.10. The lowest BCUT2D eigenvalue weighted by Crippen LogP contribution is -2.46. The Morgan fingerprint density at radius 1 is 1.06 bits per heavy atom. The maximum Gasteiger partial charge on any atom is 0.0920 e. The molecule has 3 rings (SSSR count). The molecule has 0 spiro atoms. The van der Waals surface area contributed by atoms with Crippen molar-refractivity contribution in [3.63, 3.8) is 0 Å². The van der Waals surface area contributed by atoms with Gasteiger partial charge in [0.15, 0.2) is 0 Å². The Labute approximate surface area is 99.9 Å². The highest BCUT2D eigenvalue weighted by molar-refractivity contribution is 5.05. The van der Waals surface area contributed by atoms with E-state index in [1.165, 1.54) is 32.1 Å². The first-order valence-electron chi connectivity index (χ1n) is 7.10. The summed E-state index contributed by atoms with van der Waals surface area (Å²) in [4.78, 5) is 0. The summed E-state index contributed by atoms with van der Waals surface area (Å²) >= 11 is 0. The van der Waals surface area contributed by atoms with Crippen LogP contribution in [0.1, 0.15) is 59.8 Å². The van der Waals surface area contributed by atoms with E-state index in [0.717, 1.165) is 17.8 Å². The third-order valence-electron chi connectivity index (χ3n) is 5.88. The van der Waals surface area contributed by atoms with Gasteiger partial charge in [0, 0.05) is 0 Å². The molecule has 1 nitrogen and oxygen atoms in total. The van der Waals surface area contributed by atoms with Crippen LogP contribution in [0.5, 0.6) is 0 Å². The van der Waals surface area contributed by atoms with Crippen molar-refractivity contribution in [3.05, 3.63) is 0 Å². The van der Waals surface area contributed by atoms with E-state index in [2.05, 4.69) is 27.7 Å². The third kappa shape index (κ3) is 1.54. The Bertz CT molecular complexity index is 296. The topological polar surface area (TPSA) is 12.5 Å². The van der Waals surface area contributed by atoms with Gasteiger partial charge in [0.25, 0.3) is 0 Å². The van der Waals surface area contributed by atoms with E-state index in [9.17, 15) is 0 Å². The summed E-state index contributed by atoms with van der Waals surface area (Å²) < 4.78 is 5.91. The molecule has 0 bridgehead atoms. The van der Waals surface area contributed by atoms with Gasteiger partial charge < -0.3 is 4.74 Å². The Morgan fingerprint density at radius 2 is 1.81 bits per heavy atom. The lowest BCUT2D eigenvalue weighted by atomic mass is 9.51. The summed E-state index contributed by atoms with van der Waals surface area (Å²) in [5.74, 6) is 2.89. The van der Waals surface area contributed by atoms with Crippen molar-refractivity contribution in [3.8, 4) is 0 Å². The number of ether oxygens (including phenoxy) is 1. The molecular weight excluding hydrogens is 196 g/mol. The first kappa shape index (κ1) is 11.1. The zero-order valence-electron chi connectivity index (χ0n) is 11.3. The molecule has 1 aliphatic heterocycles. The number of rotatable bonds is 0. The van der Waals surface area contributed by atoms with Crippen LogP contribution in [0.15, 0.2) is 0 Å². The average Bonchev–Trinajstić information content (AvgIpc) is 2.82. The molecule has 3 aliphatic rings. The molecule has 2 aliphatic carbocycles. The third-order valence-corrected chi connectivity index (χ3v) is 5.88. The second kappa shape index (κ2) is 3.25. The molecule has 92 valence electrons. The van der Waals surface area contributed by atoms with E-state index >= 15 is 0 Å². The molecule has 16 heavy (non-hydrogen) atoms. The van der Waals surface area contributed by atoms with Crippen LogP contribution in [0.4, 0.5) is 0 Å². The normalized spacial score (nSPS) is 54.8. The van der Waals surface area contributed by atoms with E-state index in [1.54, 1.807) is 0 Å². The average molecular weight is 222 g/mol. The smallest absolute Gasteiger partial charge is 0.0920 e. The Kier molecular flexibility index (Phi) is 2.25. The summed E-state index contributed by atoms with van der Waals surface area (Å²) in [6.07, 6.45) is 7.44. The minimum absolute atomic E-state index is 0.264. The lowest BCUT2D eigenvalue weighted by molar-refractivity contribution is -0.0531. The molecule has 0 amide bonds. The van der Waals surface area contributed by atoms with Gasteiger partial charge in [-0.15, -0.1) is 0 Å². The van der Waals surface area contributed by atoms with Crippen molar-refractivity contribution in [2.45, 2.75) is 71.5 Å². The fourth-order valence-electron chi connectivity index (χ4n) is 4.47. The predicted molar refractivity (Wildman–Crippen MR) is 66.3 cm³/mol. The second-order valence-electron chi connectivity index (χ2n) is 7.48. The number of hydrogen-bond donors (Lipinski definition) is 0. The molecular formula is C15H26O. The van der Waals surface area contributed by atoms with E-state index in [1.807, 2.05) is 0 Å². The molecule has 0 aromatic rings. The van der Waals surface area contributed by atoms with Crippen LogP contribution in [0, 0.1) is 23.2 Å². The zero-order valence-corrected chi connectivity index (χ0v) is 11.3. The van der Waals surface area contributed by atoms with Gasteiger partial charge in [-0.05, 0) is 62.2 Å². The maximum absolute atomic E-state index is 5.91. The minimum Gasteiger partial charge on any atom is -0.366 e. The van der Waals surface area contributed by atoms with Crippen molar-refractivity contribution in [1.82, 2.24) is 0 Å². The molecule has 0 N–H and O–H groups in total. The van der Waals surface area contributed by atoms with Gasteiger partial charge in [-0.2, -0.15) is 0 Å². The first-order chi connectivity index (χ1) is 7.42. The molecule has 0 aromatic carbocycles. The molecule has 0 radical (unpaired) electrons. The van der Waals surface area contributed by atoms with Gasteiger partial charge in [0.1, 0.15) is 0 Å². The minimum atomic E-state index is 0.264. The van der Waals surface area contributed by atoms with Gasteiger partial charge in [-0.3, -0.25) is 0 Å². The monoisotopic (exact) mass is 222 g/mol. The quantitative estimate of drug-likeness (QED) is 0.564. The van der Waals surface area contributed by atoms with Crippen molar-refractivity contribution in [2.24, 2.45) is 23.2 Å². The molecule has 4 unspecified atom stereocenters. The number of epoxide rings is 1. The summed E-state index contributed by atoms with van der Waals surface area (Å²) in [6, 6.07) is 0. The molecule has 2 saturated carbocycles. The van der Waals surface area contributed by atoms with Gasteiger partial charge in [0.2, 0.25) is 0 Å². The number of fused-ring (bicyclic) bond motifs is 2. The Balaban J connectivity index is 1.75. The van der Waals surface area contributed by atoms with Gasteiger partial charge in [0.05, 0.1) is 11.7 Å². The molecule has 1 saturated heterocycles. The summed E-state index contributed by atoms with van der Waals surface area (Å²) in [7, 11) is 0. The van der Waals surface area contributed by atoms with E-state index in [0.29, 0.717) is 11.5 Å². The van der Waals surface area contributed by atoms with Gasteiger partial charge in [-0.1, -0.05) is 20.8 Å². The van der Waals surface area contributed by atoms with Crippen molar-refractivity contribution in [1.29, 1.82) is 0 Å². The largest absolute Gasteiger partial charge is 0.366 e. The van der Waals surface area contributed by atoms with Crippen molar-refractivity contribution < 1.29 is 4.74 Å². The van der Waals surface area contributed by atoms with Crippen LogP contribution in [-0.4, -0.2) is 11.7 Å². The predicted octanol–water partition coefficient (Wildman–Crippen LogP) is 4.02. The molecule has 5 atom stereocenters. The SMILES string of the molecule is C[C@H]1CCC2OC2(C)CCC2C1CC2(C)C. The van der Waals surface area contributed by atoms with Crippen LogP contribution in [-0.2, 0) is 4.74 Å². The fraction of sp³-hybridized carbons (Fsp3) is 1.00. The Morgan fingerprint density at radius 3 is 2.50 bits per heavy atom. The zero-order chi connectivity index (χ0) is 11.6. The molecule has 1 heteroatoms. The molecule has 3 fully saturated rings. The van der Waals surface area contributed by atoms with E-state index in [4.69, 9.17) is 4.74 Å². The van der Waals surface area contributed by atoms with Gasteiger partial charge >= 0.3 is 0 Å². The van der Waals surface area contributed by atoms with E-state index < -0.39 is 0 Å². The second-order valence-corrected chi connectivity index (χ2v) is 7.48. The highest BCUT2D eigenvalue weighted by Crippen LogP contribution is 2.59. The van der Waals surface area contributed by atoms with Crippen molar-refractivity contribution in [2.75, 3.05) is 0 Å². The fourth-order valence-corrected chi connectivity index (χ4v) is 4.47. The van der Waals surface area contributed by atoms with Crippen LogP contribution < -0.4 is 0 Å².